The van der Waals surface area contributed by atoms with Crippen molar-refractivity contribution in [3.05, 3.63) is 208 Å². The molecule has 5 aliphatic rings. The number of amides is 2. The van der Waals surface area contributed by atoms with Crippen LogP contribution in [0.4, 0.5) is 4.39 Å². The summed E-state index contributed by atoms with van der Waals surface area (Å²) in [5.41, 5.74) is -5.63. The Morgan fingerprint density at radius 2 is 1.53 bits per heavy atom. The summed E-state index contributed by atoms with van der Waals surface area (Å²) in [6.45, 7) is 9.05. The average Bonchev–Trinajstić information content (AvgIpc) is 0.737. The third kappa shape index (κ3) is 15.8. The van der Waals surface area contributed by atoms with Crippen LogP contribution >= 0.6 is 33.2 Å². The summed E-state index contributed by atoms with van der Waals surface area (Å²) in [6.07, 6.45) is -4.49. The van der Waals surface area contributed by atoms with E-state index in [9.17, 15) is 29.4 Å². The minimum atomic E-state index is -2.39. The van der Waals surface area contributed by atoms with E-state index in [1.54, 1.807) is 148 Å². The average molecular weight is 1480 g/mol. The summed E-state index contributed by atoms with van der Waals surface area (Å²) in [5.74, 6) is -8.20. The van der Waals surface area contributed by atoms with E-state index in [0.29, 0.717) is 54.0 Å². The molecule has 2 amide bonds. The summed E-state index contributed by atoms with van der Waals surface area (Å²) < 4.78 is 53.4. The monoisotopic (exact) mass is 1480 g/mol. The number of ketones is 2. The number of carbonyl (C=O) groups excluding carboxylic acids is 8. The van der Waals surface area contributed by atoms with Crippen LogP contribution in [0.3, 0.4) is 0 Å². The third-order valence-corrected chi connectivity index (χ3v) is 23.9. The zero-order chi connectivity index (χ0) is 74.3. The first-order chi connectivity index (χ1) is 49.8. The summed E-state index contributed by atoms with van der Waals surface area (Å²) in [7, 11) is 4.46. The molecule has 2 saturated carbocycles. The molecule has 20 nitrogen and oxygen atoms in total. The highest BCUT2D eigenvalue weighted by atomic mass is 35.5. The van der Waals surface area contributed by atoms with Crippen LogP contribution in [0.5, 0.6) is 5.75 Å². The number of hydrogen-bond acceptors (Lipinski definition) is 20. The Morgan fingerprint density at radius 1 is 0.846 bits per heavy atom. The van der Waals surface area contributed by atoms with Gasteiger partial charge in [0.2, 0.25) is 12.0 Å². The summed E-state index contributed by atoms with van der Waals surface area (Å²) in [6, 6.07) is 36.3. The highest BCUT2D eigenvalue weighted by Crippen LogP contribution is 2.65. The quantitative estimate of drug-likeness (QED) is 0.0108. The molecule has 0 radical (unpaired) electrons. The maximum absolute atomic E-state index is 16.1. The topological polar surface area (TPSA) is 273 Å². The Labute approximate surface area is 617 Å². The lowest BCUT2D eigenvalue weighted by atomic mass is 9.43. The number of ether oxygens (including phenoxy) is 6. The molecular formula is C80H86ClFN4O16S2. The molecule has 0 spiro atoms. The molecule has 2 aliphatic heterocycles. The smallest absolute Gasteiger partial charge is 0.350 e. The zero-order valence-corrected chi connectivity index (χ0v) is 61.4. The lowest BCUT2D eigenvalue weighted by Gasteiger charge is -2.67. The number of rotatable bonds is 27. The highest BCUT2D eigenvalue weighted by Gasteiger charge is 2.78. The molecule has 24 heteroatoms. The van der Waals surface area contributed by atoms with Crippen molar-refractivity contribution >= 4 is 86.2 Å². The number of hydrogen-bond donors (Lipinski definition) is 3. The largest absolute Gasteiger partial charge is 0.496 e. The van der Waals surface area contributed by atoms with Gasteiger partial charge in [-0.3, -0.25) is 29.0 Å². The lowest BCUT2D eigenvalue weighted by Crippen LogP contribution is -2.81. The van der Waals surface area contributed by atoms with Crippen LogP contribution in [-0.4, -0.2) is 153 Å². The molecule has 2 saturated heterocycles. The van der Waals surface area contributed by atoms with E-state index in [1.807, 2.05) is 18.2 Å². The van der Waals surface area contributed by atoms with Gasteiger partial charge < -0.3 is 48.9 Å². The van der Waals surface area contributed by atoms with Crippen molar-refractivity contribution in [2.45, 2.75) is 171 Å². The summed E-state index contributed by atoms with van der Waals surface area (Å²) in [5, 5.41) is 30.8. The van der Waals surface area contributed by atoms with Gasteiger partial charge in [-0.15, -0.1) is 0 Å². The lowest BCUT2D eigenvalue weighted by molar-refractivity contribution is -0.345. The molecule has 2 bridgehead atoms. The second-order valence-electron chi connectivity index (χ2n) is 28.0. The van der Waals surface area contributed by atoms with Crippen molar-refractivity contribution in [2.75, 3.05) is 26.0 Å². The number of unbranched alkanes of at least 4 members (excludes halogenated alkanes) is 2. The Morgan fingerprint density at radius 3 is 2.18 bits per heavy atom. The number of carbonyl (C=O) groups is 8. The number of Topliss-reactive ketones (excluding diaryl/α,β-unsaturated/α-hetero) is 2. The van der Waals surface area contributed by atoms with E-state index < -0.39 is 136 Å². The van der Waals surface area contributed by atoms with Gasteiger partial charge in [0.05, 0.1) is 42.4 Å². The normalized spacial score (nSPS) is 25.6. The van der Waals surface area contributed by atoms with Crippen molar-refractivity contribution in [3.8, 4) is 5.75 Å². The van der Waals surface area contributed by atoms with E-state index in [2.05, 4.69) is 10.3 Å². The molecule has 548 valence electrons. The van der Waals surface area contributed by atoms with Gasteiger partial charge in [-0.25, -0.2) is 23.8 Å². The molecule has 11 rings (SSSR count). The van der Waals surface area contributed by atoms with Crippen LogP contribution in [0.25, 0.3) is 0 Å². The fourth-order valence-corrected chi connectivity index (χ4v) is 18.0. The van der Waals surface area contributed by atoms with E-state index in [1.165, 1.54) is 67.0 Å². The first-order valence-corrected chi connectivity index (χ1v) is 37.8. The molecule has 3 aliphatic carbocycles. The second kappa shape index (κ2) is 32.8. The van der Waals surface area contributed by atoms with Crippen molar-refractivity contribution < 1.29 is 81.4 Å². The van der Waals surface area contributed by atoms with Gasteiger partial charge in [0.25, 0.3) is 5.91 Å². The summed E-state index contributed by atoms with van der Waals surface area (Å²) in [4.78, 5) is 130. The number of aliphatic hydroxyl groups excluding tert-OH is 1. The van der Waals surface area contributed by atoms with Crippen LogP contribution in [-0.2, 0) is 52.5 Å². The van der Waals surface area contributed by atoms with Crippen LogP contribution in [0.15, 0.2) is 179 Å². The van der Waals surface area contributed by atoms with Crippen LogP contribution < -0.4 is 10.1 Å². The maximum atomic E-state index is 16.1. The molecule has 104 heavy (non-hydrogen) atoms. The molecule has 3 heterocycles. The number of esters is 4. The van der Waals surface area contributed by atoms with Crippen molar-refractivity contribution in [2.24, 2.45) is 27.7 Å². The number of halogens is 2. The minimum Gasteiger partial charge on any atom is -0.496 e. The number of aliphatic imine (C=N–C) groups is 1. The number of likely N-dealkylation sites (tertiary alicyclic amines) is 1. The number of aromatic nitrogens is 1. The number of pyridine rings is 1. The number of nitrogens with zero attached hydrogens (tertiary/aromatic N) is 3. The molecule has 1 unspecified atom stereocenters. The van der Waals surface area contributed by atoms with E-state index >= 15 is 23.6 Å². The molecule has 13 atom stereocenters. The number of nitrogens with one attached hydrogen (secondary N) is 1. The fourth-order valence-electron chi connectivity index (χ4n) is 16.0. The Bertz CT molecular complexity index is 4220. The second-order valence-corrected chi connectivity index (χ2v) is 30.9. The van der Waals surface area contributed by atoms with Gasteiger partial charge >= 0.3 is 23.9 Å². The molecule has 3 N–H and O–H groups in total. The number of aliphatic hydroxyl groups is 2. The fraction of sp³-hybridized carbons (Fsp3) is 0.425. The van der Waals surface area contributed by atoms with Crippen molar-refractivity contribution in [3.63, 3.8) is 0 Å². The highest BCUT2D eigenvalue weighted by molar-refractivity contribution is 8.76. The van der Waals surface area contributed by atoms with E-state index in [4.69, 9.17) is 45.0 Å². The standard InChI is InChI=1S/C80H86ClFN4O16S2/c1-47-61(45-80(96)71(101-74(93)53-27-16-10-17-28-53)69-78(6,70(90)48(2)65(47)77(80,4)5)62(89)44-63-79(69,46-98-63)102-49(3)87)99-76(95)68(67(50-23-12-8-13-24-50)85-72(91)52-25-14-9-15-26-52)100-75(94)59-31-22-41-86(59)73(92)58(30-19-11-18-29-56(88)39-42-103-104-64-32-20-21-40-83-64)84-66(51-33-35-54(81)36-34-51)57-43-55(82)37-38-60(57)97-7/h8-10,12-17,20-21,23-28,32-38,40,43,48,58-59,61-63,67-69,71,89,96H,11,18-19,22,29-31,39,41-42,44-46H2,1-7H3,(H,85,91)/t48-,58-,59?,61+,62+,63-,67+,68-,69+,71+,78-,79+,80+/m1/s1. The zero-order valence-electron chi connectivity index (χ0n) is 59.0. The molecule has 5 aromatic carbocycles. The SMILES string of the molecule is COc1ccc(F)cc1C(=N[C@H](CCCCCC(=O)CCSSc1ccccn1)C(=O)N1CCCC1C(=O)O[C@@H](C(=O)O[C@H]1C[C@]2(O)[C@@H](OC(=O)c3ccccc3)[C@@H]3[C@]4(OC(C)=O)CO[C@@H]4C[C@H](O)[C@@]3(C)C(=O)[C@H](C)C(=C1C)C2(C)C)[C@@H](NC(=O)c1ccccc1)c1ccccc1)c1ccc(Cl)cc1. The number of fused-ring (bicyclic) bond motifs is 5. The van der Waals surface area contributed by atoms with Crippen molar-refractivity contribution in [1.82, 2.24) is 15.2 Å². The van der Waals surface area contributed by atoms with Crippen molar-refractivity contribution in [1.29, 1.82) is 0 Å². The van der Waals surface area contributed by atoms with E-state index in [-0.39, 0.29) is 83.9 Å². The van der Waals surface area contributed by atoms with Crippen LogP contribution in [0.1, 0.15) is 149 Å². The van der Waals surface area contributed by atoms with Gasteiger partial charge in [0.15, 0.2) is 5.60 Å². The molecule has 4 fully saturated rings. The van der Waals surface area contributed by atoms with Gasteiger partial charge in [-0.1, -0.05) is 141 Å². The van der Waals surface area contributed by atoms with Gasteiger partial charge in [-0.05, 0) is 134 Å². The molecular weight excluding hydrogens is 1390 g/mol. The van der Waals surface area contributed by atoms with Gasteiger partial charge in [0, 0.05) is 84.1 Å². The number of benzene rings is 5. The summed E-state index contributed by atoms with van der Waals surface area (Å²) >= 11 is 6.42. The first-order valence-electron chi connectivity index (χ1n) is 35.1. The van der Waals surface area contributed by atoms with Crippen LogP contribution in [0.2, 0.25) is 5.02 Å². The Hall–Kier alpha value is -8.58. The van der Waals surface area contributed by atoms with Gasteiger partial charge in [-0.2, -0.15) is 0 Å². The first kappa shape index (κ1) is 76.5. The Kier molecular flexibility index (Phi) is 24.2. The third-order valence-electron chi connectivity index (χ3n) is 21.3. The van der Waals surface area contributed by atoms with Gasteiger partial charge in [0.1, 0.15) is 70.2 Å². The van der Waals surface area contributed by atoms with E-state index in [0.717, 1.165) is 5.03 Å². The minimum absolute atomic E-state index is 0.0239. The molecule has 1 aromatic heterocycles. The van der Waals surface area contributed by atoms with Crippen LogP contribution in [0, 0.1) is 28.5 Å². The maximum Gasteiger partial charge on any atom is 0.350 e. The molecule has 6 aromatic rings. The predicted octanol–water partition coefficient (Wildman–Crippen LogP) is 12.4. The Balaban J connectivity index is 0.956. The number of methoxy groups -OCH3 is 1. The predicted molar refractivity (Wildman–Crippen MR) is 389 cm³/mol.